The molecule has 1 nitrogen and oxygen atoms in total. The topological polar surface area (TPSA) is 17.1 Å². The fourth-order valence-corrected chi connectivity index (χ4v) is 4.23. The molecule has 0 radical (unpaired) electrons. The fourth-order valence-electron chi connectivity index (χ4n) is 2.30. The Morgan fingerprint density at radius 2 is 1.70 bits per heavy atom. The number of halogens is 1. The van der Waals surface area contributed by atoms with Crippen LogP contribution in [0.3, 0.4) is 0 Å². The molecule has 0 aliphatic rings. The second-order valence-electron chi connectivity index (χ2n) is 5.45. The third-order valence-electron chi connectivity index (χ3n) is 3.61. The van der Waals surface area contributed by atoms with E-state index in [0.717, 1.165) is 22.2 Å². The van der Waals surface area contributed by atoms with Gasteiger partial charge in [0.05, 0.1) is 4.88 Å². The van der Waals surface area contributed by atoms with Crippen LogP contribution in [0.1, 0.15) is 86.9 Å². The van der Waals surface area contributed by atoms with E-state index in [9.17, 15) is 4.79 Å². The van der Waals surface area contributed by atoms with Gasteiger partial charge in [-0.1, -0.05) is 52.4 Å². The lowest BCUT2D eigenvalue weighted by atomic mass is 10.1. The molecule has 0 N–H and O–H groups in total. The normalized spacial score (nSPS) is 10.9. The molecule has 3 heteroatoms. The summed E-state index contributed by atoms with van der Waals surface area (Å²) in [6.45, 7) is 4.43. The van der Waals surface area contributed by atoms with Crippen molar-refractivity contribution < 1.29 is 4.79 Å². The second kappa shape index (κ2) is 10.6. The minimum atomic E-state index is 0.317. The number of aryl methyl sites for hydroxylation is 1. The molecule has 0 aliphatic heterocycles. The lowest BCUT2D eigenvalue weighted by Gasteiger charge is -2.02. The van der Waals surface area contributed by atoms with E-state index in [2.05, 4.69) is 35.2 Å². The van der Waals surface area contributed by atoms with E-state index in [0.29, 0.717) is 12.2 Å². The molecule has 0 spiro atoms. The van der Waals surface area contributed by atoms with Gasteiger partial charge in [-0.25, -0.2) is 0 Å². The summed E-state index contributed by atoms with van der Waals surface area (Å²) in [7, 11) is 0. The average Bonchev–Trinajstić information content (AvgIpc) is 2.81. The smallest absolute Gasteiger partial charge is 0.173 e. The molecule has 20 heavy (non-hydrogen) atoms. The number of unbranched alkanes of at least 4 members (excludes halogenated alkanes) is 6. The highest BCUT2D eigenvalue weighted by atomic mass is 79.9. The van der Waals surface area contributed by atoms with Gasteiger partial charge in [-0.05, 0) is 46.1 Å². The van der Waals surface area contributed by atoms with Gasteiger partial charge < -0.3 is 0 Å². The first-order valence-electron chi connectivity index (χ1n) is 7.99. The van der Waals surface area contributed by atoms with Crippen LogP contribution < -0.4 is 0 Å². The highest BCUT2D eigenvalue weighted by molar-refractivity contribution is 9.10. The number of Topliss-reactive ketones (excluding diaryl/α,β-unsaturated/α-hetero) is 1. The molecule has 1 rings (SSSR count). The fraction of sp³-hybridized carbons (Fsp3) is 0.706. The van der Waals surface area contributed by atoms with Crippen molar-refractivity contribution in [3.63, 3.8) is 0 Å². The van der Waals surface area contributed by atoms with Gasteiger partial charge in [0.25, 0.3) is 0 Å². The van der Waals surface area contributed by atoms with E-state index in [1.54, 1.807) is 11.3 Å². The van der Waals surface area contributed by atoms with Crippen molar-refractivity contribution in [2.24, 2.45) is 0 Å². The minimum absolute atomic E-state index is 0.317. The van der Waals surface area contributed by atoms with Gasteiger partial charge in [-0.15, -0.1) is 11.3 Å². The Kier molecular flexibility index (Phi) is 9.45. The predicted octanol–water partition coefficient (Wildman–Crippen LogP) is 6.79. The summed E-state index contributed by atoms with van der Waals surface area (Å²) < 4.78 is 1.07. The van der Waals surface area contributed by atoms with Crippen molar-refractivity contribution in [2.45, 2.75) is 78.1 Å². The number of ketones is 1. The second-order valence-corrected chi connectivity index (χ2v) is 7.12. The molecule has 1 heterocycles. The van der Waals surface area contributed by atoms with Crippen molar-refractivity contribution in [3.05, 3.63) is 20.3 Å². The summed E-state index contributed by atoms with van der Waals surface area (Å²) in [6, 6.07) is 0. The van der Waals surface area contributed by atoms with E-state index in [-0.39, 0.29) is 0 Å². The van der Waals surface area contributed by atoms with Gasteiger partial charge in [-0.2, -0.15) is 0 Å². The summed E-state index contributed by atoms with van der Waals surface area (Å²) in [4.78, 5) is 13.1. The molecule has 0 aromatic carbocycles. The highest BCUT2D eigenvalue weighted by Crippen LogP contribution is 2.31. The van der Waals surface area contributed by atoms with Gasteiger partial charge in [0.2, 0.25) is 0 Å². The van der Waals surface area contributed by atoms with E-state index >= 15 is 0 Å². The molecule has 114 valence electrons. The molecule has 0 bridgehead atoms. The molecule has 0 saturated carbocycles. The number of carbonyl (C=O) groups is 1. The van der Waals surface area contributed by atoms with E-state index < -0.39 is 0 Å². The Bertz CT molecular complexity index is 398. The Balaban J connectivity index is 2.42. The molecule has 0 saturated heterocycles. The van der Waals surface area contributed by atoms with Crippen LogP contribution >= 0.6 is 27.3 Å². The SMILES string of the molecule is CCCCCCC(=O)c1scc(CCCCCC)c1Br. The van der Waals surface area contributed by atoms with Crippen LogP contribution in [0.2, 0.25) is 0 Å². The number of hydrogen-bond acceptors (Lipinski definition) is 2. The van der Waals surface area contributed by atoms with Gasteiger partial charge in [-0.3, -0.25) is 4.79 Å². The number of carbonyl (C=O) groups excluding carboxylic acids is 1. The van der Waals surface area contributed by atoms with Crippen molar-refractivity contribution >= 4 is 33.0 Å². The first-order valence-corrected chi connectivity index (χ1v) is 9.67. The Labute approximate surface area is 136 Å². The van der Waals surface area contributed by atoms with E-state index in [1.165, 1.54) is 50.5 Å². The molecule has 0 unspecified atom stereocenters. The third kappa shape index (κ3) is 6.09. The Hall–Kier alpha value is -0.150. The van der Waals surface area contributed by atoms with E-state index in [1.807, 2.05) is 0 Å². The zero-order valence-electron chi connectivity index (χ0n) is 12.8. The van der Waals surface area contributed by atoms with Crippen LogP contribution in [0.5, 0.6) is 0 Å². The largest absolute Gasteiger partial charge is 0.293 e. The van der Waals surface area contributed by atoms with Crippen LogP contribution in [-0.4, -0.2) is 5.78 Å². The van der Waals surface area contributed by atoms with Gasteiger partial charge in [0, 0.05) is 10.9 Å². The maximum atomic E-state index is 12.2. The Morgan fingerprint density at radius 3 is 2.35 bits per heavy atom. The lowest BCUT2D eigenvalue weighted by Crippen LogP contribution is -1.97. The van der Waals surface area contributed by atoms with Crippen molar-refractivity contribution in [2.75, 3.05) is 0 Å². The quantitative estimate of drug-likeness (QED) is 0.314. The minimum Gasteiger partial charge on any atom is -0.293 e. The van der Waals surface area contributed by atoms with Crippen LogP contribution in [0.4, 0.5) is 0 Å². The predicted molar refractivity (Wildman–Crippen MR) is 93.0 cm³/mol. The first-order chi connectivity index (χ1) is 9.70. The van der Waals surface area contributed by atoms with Crippen LogP contribution in [0.15, 0.2) is 9.85 Å². The van der Waals surface area contributed by atoms with Crippen LogP contribution in [-0.2, 0) is 6.42 Å². The summed E-state index contributed by atoms with van der Waals surface area (Å²) in [6.07, 6.45) is 11.6. The van der Waals surface area contributed by atoms with Gasteiger partial charge in [0.15, 0.2) is 5.78 Å². The number of hydrogen-bond donors (Lipinski definition) is 0. The summed E-state index contributed by atoms with van der Waals surface area (Å²) in [5, 5.41) is 2.16. The molecule has 0 aliphatic carbocycles. The van der Waals surface area contributed by atoms with Crippen molar-refractivity contribution in [3.8, 4) is 0 Å². The van der Waals surface area contributed by atoms with Crippen molar-refractivity contribution in [1.82, 2.24) is 0 Å². The van der Waals surface area contributed by atoms with Crippen molar-refractivity contribution in [1.29, 1.82) is 0 Å². The standard InChI is InChI=1S/C17H27BrOS/c1-3-5-7-9-11-14-13-20-17(16(14)18)15(19)12-10-8-6-4-2/h13H,3-12H2,1-2H3. The summed E-state index contributed by atoms with van der Waals surface area (Å²) in [5.41, 5.74) is 1.32. The summed E-state index contributed by atoms with van der Waals surface area (Å²) in [5.74, 6) is 0.317. The van der Waals surface area contributed by atoms with Gasteiger partial charge >= 0.3 is 0 Å². The average molecular weight is 359 g/mol. The summed E-state index contributed by atoms with van der Waals surface area (Å²) >= 11 is 5.25. The molecular weight excluding hydrogens is 332 g/mol. The third-order valence-corrected chi connectivity index (χ3v) is 5.85. The van der Waals surface area contributed by atoms with E-state index in [4.69, 9.17) is 0 Å². The molecule has 1 aromatic heterocycles. The highest BCUT2D eigenvalue weighted by Gasteiger charge is 2.15. The maximum absolute atomic E-state index is 12.2. The van der Waals surface area contributed by atoms with Crippen LogP contribution in [0.25, 0.3) is 0 Å². The lowest BCUT2D eigenvalue weighted by molar-refractivity contribution is 0.0982. The number of thiophene rings is 1. The Morgan fingerprint density at radius 1 is 1.05 bits per heavy atom. The number of rotatable bonds is 11. The van der Waals surface area contributed by atoms with Gasteiger partial charge in [0.1, 0.15) is 0 Å². The molecule has 0 atom stereocenters. The molecular formula is C17H27BrOS. The zero-order valence-corrected chi connectivity index (χ0v) is 15.2. The van der Waals surface area contributed by atoms with Crippen LogP contribution in [0, 0.1) is 0 Å². The molecule has 0 amide bonds. The zero-order chi connectivity index (χ0) is 14.8. The molecule has 1 aromatic rings. The first kappa shape index (κ1) is 17.9. The monoisotopic (exact) mass is 358 g/mol. The maximum Gasteiger partial charge on any atom is 0.173 e. The molecule has 0 fully saturated rings.